The summed E-state index contributed by atoms with van der Waals surface area (Å²) in [5, 5.41) is 1.06. The molecule has 1 rings (SSSR count). The third-order valence-electron chi connectivity index (χ3n) is 1.28. The lowest BCUT2D eigenvalue weighted by atomic mass is 10.3. The molecular weight excluding hydrogens is 136 g/mol. The smallest absolute Gasteiger partial charge is 0.0138 e. The Hall–Kier alpha value is 0.700. The van der Waals surface area contributed by atoms with Crippen molar-refractivity contribution in [1.29, 1.82) is 0 Å². The molecule has 0 nitrogen and oxygen atoms in total. The molecule has 0 aromatic heterocycles. The summed E-state index contributed by atoms with van der Waals surface area (Å²) in [5.41, 5.74) is 0. The van der Waals surface area contributed by atoms with Crippen LogP contribution in [0.1, 0.15) is 12.8 Å². The Labute approximate surface area is 59.8 Å². The minimum atomic E-state index is 1.06. The highest BCUT2D eigenvalue weighted by molar-refractivity contribution is 8.06. The first kappa shape index (κ1) is 6.81. The van der Waals surface area contributed by atoms with Crippen LogP contribution in [0.15, 0.2) is 0 Å². The average Bonchev–Trinajstić information content (AvgIpc) is 2.51. The first-order valence-electron chi connectivity index (χ1n) is 3.04. The first-order chi connectivity index (χ1) is 3.93. The van der Waals surface area contributed by atoms with Crippen LogP contribution in [-0.4, -0.2) is 23.0 Å². The molecule has 2 heteroatoms. The number of rotatable bonds is 4. The summed E-state index contributed by atoms with van der Waals surface area (Å²) < 4.78 is 0. The molecule has 1 aliphatic heterocycles. The van der Waals surface area contributed by atoms with E-state index in [0.717, 1.165) is 5.25 Å². The van der Waals surface area contributed by atoms with E-state index < -0.39 is 0 Å². The fourth-order valence-electron chi connectivity index (χ4n) is 0.690. The van der Waals surface area contributed by atoms with Gasteiger partial charge in [0.25, 0.3) is 0 Å². The molecule has 1 aliphatic rings. The van der Waals surface area contributed by atoms with Crippen molar-refractivity contribution in [3.63, 3.8) is 0 Å². The van der Waals surface area contributed by atoms with E-state index >= 15 is 0 Å². The van der Waals surface area contributed by atoms with Gasteiger partial charge >= 0.3 is 0 Å². The van der Waals surface area contributed by atoms with Crippen molar-refractivity contribution < 1.29 is 0 Å². The predicted octanol–water partition coefficient (Wildman–Crippen LogP) is 2.25. The summed E-state index contributed by atoms with van der Waals surface area (Å²) in [6.45, 7) is 0. The van der Waals surface area contributed by atoms with Crippen molar-refractivity contribution in [2.45, 2.75) is 18.1 Å². The molecule has 0 bridgehead atoms. The highest BCUT2D eigenvalue weighted by Crippen LogP contribution is 2.33. The van der Waals surface area contributed by atoms with Crippen LogP contribution in [0.2, 0.25) is 0 Å². The van der Waals surface area contributed by atoms with Gasteiger partial charge in [-0.2, -0.15) is 23.5 Å². The molecule has 1 atom stereocenters. The molecular formula is C6H12S2. The van der Waals surface area contributed by atoms with Crippen LogP contribution in [0.25, 0.3) is 0 Å². The summed E-state index contributed by atoms with van der Waals surface area (Å²) in [4.78, 5) is 0. The molecule has 0 aromatic carbocycles. The quantitative estimate of drug-likeness (QED) is 0.443. The van der Waals surface area contributed by atoms with Gasteiger partial charge in [0, 0.05) is 11.0 Å². The maximum atomic E-state index is 2.18. The molecule has 0 radical (unpaired) electrons. The van der Waals surface area contributed by atoms with Crippen LogP contribution < -0.4 is 0 Å². The monoisotopic (exact) mass is 148 g/mol. The van der Waals surface area contributed by atoms with E-state index in [1.807, 2.05) is 11.8 Å². The third kappa shape index (κ3) is 2.88. The number of hydrogen-bond acceptors (Lipinski definition) is 2. The van der Waals surface area contributed by atoms with E-state index in [-0.39, 0.29) is 0 Å². The zero-order chi connectivity index (χ0) is 5.82. The molecule has 48 valence electrons. The summed E-state index contributed by atoms with van der Waals surface area (Å²) in [5.74, 6) is 2.80. The molecule has 0 spiro atoms. The van der Waals surface area contributed by atoms with Crippen LogP contribution in [0.4, 0.5) is 0 Å². The van der Waals surface area contributed by atoms with E-state index in [2.05, 4.69) is 18.0 Å². The average molecular weight is 148 g/mol. The number of hydrogen-bond donors (Lipinski definition) is 0. The fraction of sp³-hybridized carbons (Fsp3) is 1.00. The van der Waals surface area contributed by atoms with E-state index in [4.69, 9.17) is 0 Å². The van der Waals surface area contributed by atoms with Gasteiger partial charge < -0.3 is 0 Å². The SMILES string of the molecule is CSCCCC1CS1. The Morgan fingerprint density at radius 2 is 2.50 bits per heavy atom. The van der Waals surface area contributed by atoms with E-state index in [0.29, 0.717) is 0 Å². The van der Waals surface area contributed by atoms with Crippen LogP contribution in [0, 0.1) is 0 Å². The fourth-order valence-corrected chi connectivity index (χ4v) is 1.78. The molecule has 0 N–H and O–H groups in total. The zero-order valence-corrected chi connectivity index (χ0v) is 6.86. The Kier molecular flexibility index (Phi) is 3.13. The van der Waals surface area contributed by atoms with Crippen LogP contribution in [0.3, 0.4) is 0 Å². The standard InChI is InChI=1S/C6H12S2/c1-7-4-2-3-6-5-8-6/h6H,2-5H2,1H3. The van der Waals surface area contributed by atoms with E-state index in [1.54, 1.807) is 0 Å². The summed E-state index contributed by atoms with van der Waals surface area (Å²) in [6, 6.07) is 0. The minimum Gasteiger partial charge on any atom is -0.165 e. The highest BCUT2D eigenvalue weighted by Gasteiger charge is 2.20. The highest BCUT2D eigenvalue weighted by atomic mass is 32.2. The Bertz CT molecular complexity index is 59.5. The van der Waals surface area contributed by atoms with Crippen molar-refractivity contribution in [2.24, 2.45) is 0 Å². The largest absolute Gasteiger partial charge is 0.165 e. The molecule has 0 amide bonds. The molecule has 0 aromatic rings. The van der Waals surface area contributed by atoms with Crippen LogP contribution in [0.5, 0.6) is 0 Å². The first-order valence-corrected chi connectivity index (χ1v) is 5.48. The summed E-state index contributed by atoms with van der Waals surface area (Å²) in [6.07, 6.45) is 5.07. The normalized spacial score (nSPS) is 25.9. The second-order valence-electron chi connectivity index (χ2n) is 2.09. The molecule has 0 saturated carbocycles. The van der Waals surface area contributed by atoms with Gasteiger partial charge in [-0.05, 0) is 24.9 Å². The molecule has 0 aliphatic carbocycles. The zero-order valence-electron chi connectivity index (χ0n) is 5.22. The Morgan fingerprint density at radius 3 is 3.00 bits per heavy atom. The maximum Gasteiger partial charge on any atom is 0.0138 e. The van der Waals surface area contributed by atoms with Crippen molar-refractivity contribution in [1.82, 2.24) is 0 Å². The van der Waals surface area contributed by atoms with Gasteiger partial charge in [-0.15, -0.1) is 0 Å². The number of thioether (sulfide) groups is 2. The minimum absolute atomic E-state index is 1.06. The molecule has 8 heavy (non-hydrogen) atoms. The van der Waals surface area contributed by atoms with Gasteiger partial charge in [0.05, 0.1) is 0 Å². The van der Waals surface area contributed by atoms with Gasteiger partial charge in [-0.25, -0.2) is 0 Å². The molecule has 1 saturated heterocycles. The maximum absolute atomic E-state index is 2.18. The van der Waals surface area contributed by atoms with Gasteiger partial charge in [-0.3, -0.25) is 0 Å². The van der Waals surface area contributed by atoms with Gasteiger partial charge in [0.2, 0.25) is 0 Å². The lowest BCUT2D eigenvalue weighted by molar-refractivity contribution is 0.840. The van der Waals surface area contributed by atoms with Crippen molar-refractivity contribution in [2.75, 3.05) is 17.8 Å². The summed E-state index contributed by atoms with van der Waals surface area (Å²) >= 11 is 4.07. The van der Waals surface area contributed by atoms with E-state index in [9.17, 15) is 0 Å². The van der Waals surface area contributed by atoms with Crippen molar-refractivity contribution in [3.8, 4) is 0 Å². The molecule has 1 fully saturated rings. The lowest BCUT2D eigenvalue weighted by Crippen LogP contribution is -1.84. The predicted molar refractivity (Wildman–Crippen MR) is 43.9 cm³/mol. The second-order valence-corrected chi connectivity index (χ2v) is 4.41. The molecule has 1 heterocycles. The Balaban J connectivity index is 1.74. The van der Waals surface area contributed by atoms with Crippen LogP contribution in [-0.2, 0) is 0 Å². The second kappa shape index (κ2) is 3.67. The topological polar surface area (TPSA) is 0 Å². The summed E-state index contributed by atoms with van der Waals surface area (Å²) in [7, 11) is 0. The van der Waals surface area contributed by atoms with Gasteiger partial charge in [0.15, 0.2) is 0 Å². The van der Waals surface area contributed by atoms with Crippen molar-refractivity contribution >= 4 is 23.5 Å². The third-order valence-corrected chi connectivity index (χ3v) is 3.01. The molecule has 1 unspecified atom stereocenters. The van der Waals surface area contributed by atoms with Crippen molar-refractivity contribution in [3.05, 3.63) is 0 Å². The van der Waals surface area contributed by atoms with Crippen LogP contribution >= 0.6 is 23.5 Å². The Morgan fingerprint density at radius 1 is 1.75 bits per heavy atom. The van der Waals surface area contributed by atoms with Gasteiger partial charge in [0.1, 0.15) is 0 Å². The van der Waals surface area contributed by atoms with E-state index in [1.165, 1.54) is 24.3 Å². The van der Waals surface area contributed by atoms with Gasteiger partial charge in [-0.1, -0.05) is 0 Å². The lowest BCUT2D eigenvalue weighted by Gasteiger charge is -1.91.